The Morgan fingerprint density at radius 1 is 1.56 bits per heavy atom. The number of carbonyl (C=O) groups is 2. The van der Waals surface area contributed by atoms with E-state index in [1.165, 1.54) is 22.7 Å². The molecule has 0 aromatic carbocycles. The SMILES string of the molecule is CS[C@H](C)C(=O)N(C)Cc1cc(C(=O)O)c(C)o1. The molecule has 1 atom stereocenters. The topological polar surface area (TPSA) is 70.8 Å². The molecule has 1 rings (SSSR count). The van der Waals surface area contributed by atoms with Crippen LogP contribution in [-0.4, -0.2) is 40.4 Å². The minimum absolute atomic E-state index is 0.00609. The summed E-state index contributed by atoms with van der Waals surface area (Å²) < 4.78 is 5.33. The second-order valence-corrected chi connectivity index (χ2v) is 5.24. The molecule has 0 radical (unpaired) electrons. The molecule has 0 spiro atoms. The van der Waals surface area contributed by atoms with Gasteiger partial charge < -0.3 is 14.4 Å². The summed E-state index contributed by atoms with van der Waals surface area (Å²) in [6, 6.07) is 1.46. The second kappa shape index (κ2) is 5.95. The zero-order valence-electron chi connectivity index (χ0n) is 10.9. The summed E-state index contributed by atoms with van der Waals surface area (Å²) >= 11 is 1.47. The monoisotopic (exact) mass is 271 g/mol. The number of amides is 1. The molecule has 0 unspecified atom stereocenters. The molecule has 1 N–H and O–H groups in total. The van der Waals surface area contributed by atoms with Gasteiger partial charge in [0.2, 0.25) is 5.91 Å². The lowest BCUT2D eigenvalue weighted by Crippen LogP contribution is -2.32. The minimum atomic E-state index is -1.02. The van der Waals surface area contributed by atoms with Gasteiger partial charge in [0.05, 0.1) is 11.8 Å². The van der Waals surface area contributed by atoms with E-state index in [9.17, 15) is 9.59 Å². The highest BCUT2D eigenvalue weighted by atomic mass is 32.2. The second-order valence-electron chi connectivity index (χ2n) is 4.06. The van der Waals surface area contributed by atoms with Gasteiger partial charge in [-0.2, -0.15) is 11.8 Å². The molecule has 1 amide bonds. The Bertz CT molecular complexity index is 455. The number of furan rings is 1. The summed E-state index contributed by atoms with van der Waals surface area (Å²) in [4.78, 5) is 24.2. The highest BCUT2D eigenvalue weighted by Crippen LogP contribution is 2.17. The molecule has 0 aliphatic rings. The molecule has 6 heteroatoms. The quantitative estimate of drug-likeness (QED) is 0.887. The van der Waals surface area contributed by atoms with E-state index in [2.05, 4.69) is 0 Å². The first-order valence-corrected chi connectivity index (χ1v) is 6.76. The van der Waals surface area contributed by atoms with Gasteiger partial charge in [-0.25, -0.2) is 4.79 Å². The van der Waals surface area contributed by atoms with Crippen molar-refractivity contribution in [3.8, 4) is 0 Å². The van der Waals surface area contributed by atoms with E-state index in [0.717, 1.165) is 0 Å². The van der Waals surface area contributed by atoms with Gasteiger partial charge in [-0.3, -0.25) is 4.79 Å². The Morgan fingerprint density at radius 2 is 2.17 bits per heavy atom. The fourth-order valence-electron chi connectivity index (χ4n) is 1.56. The maximum Gasteiger partial charge on any atom is 0.339 e. The fourth-order valence-corrected chi connectivity index (χ4v) is 1.94. The van der Waals surface area contributed by atoms with Gasteiger partial charge in [0.25, 0.3) is 0 Å². The molecule has 1 aromatic heterocycles. The van der Waals surface area contributed by atoms with Gasteiger partial charge >= 0.3 is 5.97 Å². The lowest BCUT2D eigenvalue weighted by atomic mass is 10.2. The predicted octanol–water partition coefficient (Wildman–Crippen LogP) is 2.00. The van der Waals surface area contributed by atoms with E-state index in [0.29, 0.717) is 11.5 Å². The van der Waals surface area contributed by atoms with Crippen LogP contribution in [0.5, 0.6) is 0 Å². The van der Waals surface area contributed by atoms with Crippen LogP contribution in [-0.2, 0) is 11.3 Å². The largest absolute Gasteiger partial charge is 0.478 e. The van der Waals surface area contributed by atoms with Crippen LogP contribution >= 0.6 is 11.8 Å². The first-order chi connectivity index (χ1) is 8.36. The van der Waals surface area contributed by atoms with Gasteiger partial charge in [-0.15, -0.1) is 0 Å². The maximum absolute atomic E-state index is 11.9. The Labute approximate surface area is 110 Å². The van der Waals surface area contributed by atoms with Crippen molar-refractivity contribution in [1.29, 1.82) is 0 Å². The van der Waals surface area contributed by atoms with Crippen LogP contribution in [0, 0.1) is 6.92 Å². The van der Waals surface area contributed by atoms with Gasteiger partial charge in [0.1, 0.15) is 17.1 Å². The molecule has 100 valence electrons. The fraction of sp³-hybridized carbons (Fsp3) is 0.500. The molecule has 0 aliphatic carbocycles. The highest BCUT2D eigenvalue weighted by Gasteiger charge is 2.19. The smallest absolute Gasteiger partial charge is 0.339 e. The average molecular weight is 271 g/mol. The van der Waals surface area contributed by atoms with Crippen molar-refractivity contribution >= 4 is 23.6 Å². The molecule has 1 aromatic rings. The number of rotatable bonds is 5. The van der Waals surface area contributed by atoms with Crippen LogP contribution < -0.4 is 0 Å². The third kappa shape index (κ3) is 3.29. The number of carboxylic acid groups (broad SMARTS) is 1. The summed E-state index contributed by atoms with van der Waals surface area (Å²) in [5, 5.41) is 8.78. The molecule has 0 fully saturated rings. The van der Waals surface area contributed by atoms with Crippen molar-refractivity contribution in [2.45, 2.75) is 25.6 Å². The molecule has 1 heterocycles. The lowest BCUT2D eigenvalue weighted by molar-refractivity contribution is -0.129. The van der Waals surface area contributed by atoms with Crippen molar-refractivity contribution in [3.05, 3.63) is 23.2 Å². The highest BCUT2D eigenvalue weighted by molar-refractivity contribution is 7.99. The number of hydrogen-bond acceptors (Lipinski definition) is 4. The maximum atomic E-state index is 11.9. The number of carboxylic acids is 1. The van der Waals surface area contributed by atoms with Crippen molar-refractivity contribution in [1.82, 2.24) is 4.90 Å². The van der Waals surface area contributed by atoms with Crippen LogP contribution in [0.15, 0.2) is 10.5 Å². The summed E-state index contributed by atoms with van der Waals surface area (Å²) in [5.74, 6) is -0.187. The average Bonchev–Trinajstić information content (AvgIpc) is 2.68. The van der Waals surface area contributed by atoms with Crippen molar-refractivity contribution in [2.75, 3.05) is 13.3 Å². The van der Waals surface area contributed by atoms with Crippen LogP contribution in [0.2, 0.25) is 0 Å². The standard InChI is InChI=1S/C12H17NO4S/c1-7-10(12(15)16)5-9(17-7)6-13(3)11(14)8(2)18-4/h5,8H,6H2,1-4H3,(H,15,16)/t8-/m1/s1. The molecule has 0 saturated heterocycles. The Kier molecular flexibility index (Phi) is 4.84. The van der Waals surface area contributed by atoms with Crippen molar-refractivity contribution in [2.24, 2.45) is 0 Å². The zero-order valence-corrected chi connectivity index (χ0v) is 11.7. The van der Waals surface area contributed by atoms with E-state index in [1.54, 1.807) is 14.0 Å². The van der Waals surface area contributed by atoms with E-state index >= 15 is 0 Å². The third-order valence-corrected chi connectivity index (χ3v) is 3.58. The molecule has 0 bridgehead atoms. The number of aryl methyl sites for hydroxylation is 1. The number of hydrogen-bond donors (Lipinski definition) is 1. The van der Waals surface area contributed by atoms with Gasteiger partial charge in [0.15, 0.2) is 0 Å². The Morgan fingerprint density at radius 3 is 2.61 bits per heavy atom. The number of aromatic carboxylic acids is 1. The first-order valence-electron chi connectivity index (χ1n) is 5.47. The number of thioether (sulfide) groups is 1. The van der Waals surface area contributed by atoms with E-state index in [1.807, 2.05) is 13.2 Å². The molecular weight excluding hydrogens is 254 g/mol. The number of carbonyl (C=O) groups excluding carboxylic acids is 1. The van der Waals surface area contributed by atoms with Crippen LogP contribution in [0.25, 0.3) is 0 Å². The normalized spacial score (nSPS) is 12.2. The molecule has 0 aliphatic heterocycles. The molecule has 5 nitrogen and oxygen atoms in total. The van der Waals surface area contributed by atoms with E-state index in [-0.39, 0.29) is 23.3 Å². The predicted molar refractivity (Wildman–Crippen MR) is 69.9 cm³/mol. The van der Waals surface area contributed by atoms with Gasteiger partial charge in [0, 0.05) is 7.05 Å². The van der Waals surface area contributed by atoms with Crippen LogP contribution in [0.1, 0.15) is 28.8 Å². The summed E-state index contributed by atoms with van der Waals surface area (Å²) in [7, 11) is 1.67. The molecular formula is C12H17NO4S. The third-order valence-electron chi connectivity index (χ3n) is 2.67. The Hall–Kier alpha value is -1.43. The molecule has 18 heavy (non-hydrogen) atoms. The first kappa shape index (κ1) is 14.6. The lowest BCUT2D eigenvalue weighted by Gasteiger charge is -2.18. The summed E-state index contributed by atoms with van der Waals surface area (Å²) in [5.41, 5.74) is 0.142. The van der Waals surface area contributed by atoms with Crippen molar-refractivity contribution in [3.63, 3.8) is 0 Å². The van der Waals surface area contributed by atoms with Crippen LogP contribution in [0.3, 0.4) is 0 Å². The zero-order chi connectivity index (χ0) is 13.9. The molecule has 0 saturated carbocycles. The Balaban J connectivity index is 2.76. The summed E-state index contributed by atoms with van der Waals surface area (Å²) in [6.07, 6.45) is 1.87. The minimum Gasteiger partial charge on any atom is -0.478 e. The number of nitrogens with zero attached hydrogens (tertiary/aromatic N) is 1. The summed E-state index contributed by atoms with van der Waals surface area (Å²) in [6.45, 7) is 3.71. The van der Waals surface area contributed by atoms with Gasteiger partial charge in [-0.05, 0) is 26.2 Å². The van der Waals surface area contributed by atoms with E-state index in [4.69, 9.17) is 9.52 Å². The van der Waals surface area contributed by atoms with Crippen LogP contribution in [0.4, 0.5) is 0 Å². The van der Waals surface area contributed by atoms with E-state index < -0.39 is 5.97 Å². The van der Waals surface area contributed by atoms with Crippen molar-refractivity contribution < 1.29 is 19.1 Å². The van der Waals surface area contributed by atoms with Gasteiger partial charge in [-0.1, -0.05) is 0 Å².